The van der Waals surface area contributed by atoms with Crippen molar-refractivity contribution in [1.82, 2.24) is 5.32 Å². The van der Waals surface area contributed by atoms with Crippen LogP contribution in [0.25, 0.3) is 0 Å². The van der Waals surface area contributed by atoms with E-state index >= 15 is 0 Å². The fourth-order valence-electron chi connectivity index (χ4n) is 3.91. The SMILES string of the molecule is NC(=NCc1c(O)ccc2c1CCCC2)NC1CCCCCC1. The fourth-order valence-corrected chi connectivity index (χ4v) is 3.91. The van der Waals surface area contributed by atoms with Crippen molar-refractivity contribution in [2.24, 2.45) is 10.7 Å². The summed E-state index contributed by atoms with van der Waals surface area (Å²) in [5, 5.41) is 13.6. The molecule has 4 heteroatoms. The summed E-state index contributed by atoms with van der Waals surface area (Å²) in [5.74, 6) is 0.876. The Morgan fingerprint density at radius 1 is 1.09 bits per heavy atom. The van der Waals surface area contributed by atoms with E-state index in [4.69, 9.17) is 5.73 Å². The van der Waals surface area contributed by atoms with Crippen LogP contribution in [0.15, 0.2) is 17.1 Å². The van der Waals surface area contributed by atoms with Gasteiger partial charge in [-0.2, -0.15) is 0 Å². The lowest BCUT2D eigenvalue weighted by atomic mass is 9.88. The van der Waals surface area contributed by atoms with Crippen molar-refractivity contribution >= 4 is 5.96 Å². The number of aliphatic imine (C=N–C) groups is 1. The minimum atomic E-state index is 0.358. The fraction of sp³-hybridized carbons (Fsp3) is 0.632. The highest BCUT2D eigenvalue weighted by Crippen LogP contribution is 2.31. The molecule has 2 aliphatic carbocycles. The Kier molecular flexibility index (Phi) is 5.42. The van der Waals surface area contributed by atoms with E-state index < -0.39 is 0 Å². The summed E-state index contributed by atoms with van der Waals surface area (Å²) in [7, 11) is 0. The molecule has 0 saturated heterocycles. The zero-order chi connectivity index (χ0) is 16.1. The normalized spacial score (nSPS) is 19.9. The number of nitrogens with zero attached hydrogens (tertiary/aromatic N) is 1. The predicted molar refractivity (Wildman–Crippen MR) is 94.7 cm³/mol. The Labute approximate surface area is 139 Å². The lowest BCUT2D eigenvalue weighted by molar-refractivity contribution is 0.465. The summed E-state index contributed by atoms with van der Waals surface area (Å²) in [6, 6.07) is 4.33. The van der Waals surface area contributed by atoms with Crippen molar-refractivity contribution in [3.63, 3.8) is 0 Å². The van der Waals surface area contributed by atoms with Crippen molar-refractivity contribution in [2.45, 2.75) is 76.8 Å². The maximum atomic E-state index is 10.2. The van der Waals surface area contributed by atoms with Gasteiger partial charge in [0.15, 0.2) is 5.96 Å². The van der Waals surface area contributed by atoms with Gasteiger partial charge in [0, 0.05) is 11.6 Å². The van der Waals surface area contributed by atoms with E-state index in [0.29, 0.717) is 24.3 Å². The molecule has 1 aromatic rings. The van der Waals surface area contributed by atoms with Crippen molar-refractivity contribution < 1.29 is 5.11 Å². The molecule has 4 N–H and O–H groups in total. The molecule has 0 radical (unpaired) electrons. The second kappa shape index (κ2) is 7.71. The lowest BCUT2D eigenvalue weighted by Gasteiger charge is -2.20. The third-order valence-electron chi connectivity index (χ3n) is 5.24. The topological polar surface area (TPSA) is 70.6 Å². The Bertz CT molecular complexity index is 560. The van der Waals surface area contributed by atoms with Crippen molar-refractivity contribution in [3.05, 3.63) is 28.8 Å². The molecule has 1 fully saturated rings. The first-order valence-electron chi connectivity index (χ1n) is 9.13. The first kappa shape index (κ1) is 16.2. The molecular formula is C19H29N3O. The predicted octanol–water partition coefficient (Wildman–Crippen LogP) is 3.40. The zero-order valence-corrected chi connectivity index (χ0v) is 14.0. The molecule has 0 bridgehead atoms. The summed E-state index contributed by atoms with van der Waals surface area (Å²) in [5.41, 5.74) is 9.72. The van der Waals surface area contributed by atoms with E-state index in [-0.39, 0.29) is 0 Å². The summed E-state index contributed by atoms with van der Waals surface area (Å²) in [6.45, 7) is 0.473. The monoisotopic (exact) mass is 315 g/mol. The number of phenols is 1. The van der Waals surface area contributed by atoms with Crippen LogP contribution in [-0.2, 0) is 19.4 Å². The Morgan fingerprint density at radius 2 is 1.83 bits per heavy atom. The van der Waals surface area contributed by atoms with Gasteiger partial charge in [0.2, 0.25) is 0 Å². The standard InChI is InChI=1S/C19H29N3O/c20-19(22-15-8-3-1-2-4-9-15)21-13-17-16-10-6-5-7-14(16)11-12-18(17)23/h11-12,15,23H,1-10,13H2,(H3,20,21,22). The number of nitrogens with two attached hydrogens (primary N) is 1. The largest absolute Gasteiger partial charge is 0.508 e. The number of hydrogen-bond acceptors (Lipinski definition) is 2. The van der Waals surface area contributed by atoms with Gasteiger partial charge in [-0.3, -0.25) is 0 Å². The van der Waals surface area contributed by atoms with E-state index in [1.807, 2.05) is 6.07 Å². The molecule has 1 saturated carbocycles. The van der Waals surface area contributed by atoms with Gasteiger partial charge in [-0.05, 0) is 55.7 Å². The van der Waals surface area contributed by atoms with Gasteiger partial charge >= 0.3 is 0 Å². The molecule has 0 amide bonds. The average Bonchev–Trinajstić information content (AvgIpc) is 2.82. The average molecular weight is 315 g/mol. The molecule has 2 aliphatic rings. The van der Waals surface area contributed by atoms with Gasteiger partial charge < -0.3 is 16.2 Å². The minimum Gasteiger partial charge on any atom is -0.508 e. The van der Waals surface area contributed by atoms with Crippen LogP contribution in [0.2, 0.25) is 0 Å². The summed E-state index contributed by atoms with van der Waals surface area (Å²) in [6.07, 6.45) is 12.2. The number of phenolic OH excluding ortho intramolecular Hbond substituents is 1. The van der Waals surface area contributed by atoms with E-state index in [1.165, 1.54) is 62.5 Å². The van der Waals surface area contributed by atoms with Crippen LogP contribution in [-0.4, -0.2) is 17.1 Å². The second-order valence-corrected chi connectivity index (χ2v) is 6.94. The van der Waals surface area contributed by atoms with E-state index in [2.05, 4.69) is 16.4 Å². The molecular weight excluding hydrogens is 286 g/mol. The minimum absolute atomic E-state index is 0.358. The number of benzene rings is 1. The Hall–Kier alpha value is -1.71. The Morgan fingerprint density at radius 3 is 2.61 bits per heavy atom. The van der Waals surface area contributed by atoms with Crippen molar-refractivity contribution in [1.29, 1.82) is 0 Å². The number of aromatic hydroxyl groups is 1. The maximum absolute atomic E-state index is 10.2. The van der Waals surface area contributed by atoms with Crippen LogP contribution < -0.4 is 11.1 Å². The van der Waals surface area contributed by atoms with Gasteiger partial charge in [0.1, 0.15) is 5.75 Å². The van der Waals surface area contributed by atoms with Gasteiger partial charge in [-0.1, -0.05) is 31.7 Å². The van der Waals surface area contributed by atoms with Gasteiger partial charge in [-0.15, -0.1) is 0 Å². The third-order valence-corrected chi connectivity index (χ3v) is 5.24. The van der Waals surface area contributed by atoms with Crippen molar-refractivity contribution in [3.8, 4) is 5.75 Å². The summed E-state index contributed by atoms with van der Waals surface area (Å²) in [4.78, 5) is 4.51. The smallest absolute Gasteiger partial charge is 0.189 e. The van der Waals surface area contributed by atoms with Crippen molar-refractivity contribution in [2.75, 3.05) is 0 Å². The Balaban J connectivity index is 1.66. The van der Waals surface area contributed by atoms with Crippen LogP contribution in [0.3, 0.4) is 0 Å². The highest BCUT2D eigenvalue weighted by molar-refractivity contribution is 5.78. The molecule has 4 nitrogen and oxygen atoms in total. The molecule has 0 aliphatic heterocycles. The zero-order valence-electron chi connectivity index (χ0n) is 14.0. The summed E-state index contributed by atoms with van der Waals surface area (Å²) >= 11 is 0. The van der Waals surface area contributed by atoms with Crippen LogP contribution in [0.4, 0.5) is 0 Å². The quantitative estimate of drug-likeness (QED) is 0.455. The molecule has 1 aromatic carbocycles. The number of nitrogens with one attached hydrogen (secondary N) is 1. The highest BCUT2D eigenvalue weighted by Gasteiger charge is 2.16. The second-order valence-electron chi connectivity index (χ2n) is 6.94. The summed E-state index contributed by atoms with van der Waals surface area (Å²) < 4.78 is 0. The first-order valence-corrected chi connectivity index (χ1v) is 9.13. The highest BCUT2D eigenvalue weighted by atomic mass is 16.3. The van der Waals surface area contributed by atoms with E-state index in [1.54, 1.807) is 0 Å². The van der Waals surface area contributed by atoms with E-state index in [0.717, 1.165) is 18.4 Å². The van der Waals surface area contributed by atoms with Gasteiger partial charge in [0.25, 0.3) is 0 Å². The van der Waals surface area contributed by atoms with Crippen LogP contribution >= 0.6 is 0 Å². The first-order chi connectivity index (χ1) is 11.2. The third kappa shape index (κ3) is 4.18. The maximum Gasteiger partial charge on any atom is 0.189 e. The molecule has 0 unspecified atom stereocenters. The van der Waals surface area contributed by atoms with Gasteiger partial charge in [0.05, 0.1) is 6.54 Å². The molecule has 0 atom stereocenters. The number of hydrogen-bond donors (Lipinski definition) is 3. The number of rotatable bonds is 3. The molecule has 23 heavy (non-hydrogen) atoms. The van der Waals surface area contributed by atoms with Crippen LogP contribution in [0, 0.1) is 0 Å². The molecule has 126 valence electrons. The number of guanidine groups is 1. The molecule has 3 rings (SSSR count). The van der Waals surface area contributed by atoms with Crippen LogP contribution in [0.1, 0.15) is 68.1 Å². The molecule has 0 spiro atoms. The van der Waals surface area contributed by atoms with Crippen LogP contribution in [0.5, 0.6) is 5.75 Å². The molecule has 0 heterocycles. The van der Waals surface area contributed by atoms with E-state index in [9.17, 15) is 5.11 Å². The lowest BCUT2D eigenvalue weighted by Crippen LogP contribution is -2.39. The van der Waals surface area contributed by atoms with Gasteiger partial charge in [-0.25, -0.2) is 4.99 Å². The molecule has 0 aromatic heterocycles. The number of fused-ring (bicyclic) bond motifs is 1. The number of aryl methyl sites for hydroxylation is 1.